The van der Waals surface area contributed by atoms with Gasteiger partial charge in [-0.25, -0.2) is 9.67 Å². The van der Waals surface area contributed by atoms with Crippen LogP contribution in [0.3, 0.4) is 0 Å². The molecule has 0 amide bonds. The first kappa shape index (κ1) is 14.2. The van der Waals surface area contributed by atoms with Crippen LogP contribution in [0.5, 0.6) is 0 Å². The fourth-order valence-electron chi connectivity index (χ4n) is 2.05. The lowest BCUT2D eigenvalue weighted by Crippen LogP contribution is -2.24. The molecule has 1 N–H and O–H groups in total. The largest absolute Gasteiger partial charge is 0.310 e. The Morgan fingerprint density at radius 2 is 2.21 bits per heavy atom. The molecule has 2 rings (SSSR count). The molecule has 0 fully saturated rings. The van der Waals surface area contributed by atoms with Crippen molar-refractivity contribution in [2.45, 2.75) is 46.2 Å². The highest BCUT2D eigenvalue weighted by Gasteiger charge is 2.12. The number of hydrogen-bond donors (Lipinski definition) is 1. The molecule has 2 aromatic heterocycles. The van der Waals surface area contributed by atoms with Gasteiger partial charge >= 0.3 is 0 Å². The normalized spacial score (nSPS) is 12.8. The predicted molar refractivity (Wildman–Crippen MR) is 79.5 cm³/mol. The predicted octanol–water partition coefficient (Wildman–Crippen LogP) is 2.82. The summed E-state index contributed by atoms with van der Waals surface area (Å²) in [5.41, 5.74) is 0. The van der Waals surface area contributed by atoms with Crippen molar-refractivity contribution in [1.82, 2.24) is 20.1 Å². The molecule has 5 heteroatoms. The molecule has 0 aliphatic carbocycles. The van der Waals surface area contributed by atoms with E-state index in [1.165, 1.54) is 4.88 Å². The SMILES string of the molecule is CCc1nc(CC)n(C(C)CNCc2cccs2)n1. The van der Waals surface area contributed by atoms with Gasteiger partial charge in [0.05, 0.1) is 6.04 Å². The summed E-state index contributed by atoms with van der Waals surface area (Å²) < 4.78 is 2.07. The zero-order valence-corrected chi connectivity index (χ0v) is 12.7. The summed E-state index contributed by atoms with van der Waals surface area (Å²) in [5, 5.41) is 10.2. The van der Waals surface area contributed by atoms with Crippen molar-refractivity contribution in [2.75, 3.05) is 6.54 Å². The molecule has 0 saturated heterocycles. The topological polar surface area (TPSA) is 42.7 Å². The molecule has 104 valence electrons. The first-order valence-electron chi connectivity index (χ1n) is 6.92. The van der Waals surface area contributed by atoms with Crippen LogP contribution in [0.4, 0.5) is 0 Å². The average Bonchev–Trinajstić information content (AvgIpc) is 3.07. The minimum absolute atomic E-state index is 0.336. The molecule has 0 spiro atoms. The third-order valence-electron chi connectivity index (χ3n) is 3.11. The number of nitrogens with zero attached hydrogens (tertiary/aromatic N) is 3. The van der Waals surface area contributed by atoms with E-state index in [0.717, 1.165) is 37.6 Å². The summed E-state index contributed by atoms with van der Waals surface area (Å²) in [5.74, 6) is 2.03. The zero-order chi connectivity index (χ0) is 13.7. The van der Waals surface area contributed by atoms with Crippen molar-refractivity contribution in [3.63, 3.8) is 0 Å². The Kier molecular flexibility index (Phi) is 5.10. The smallest absolute Gasteiger partial charge is 0.150 e. The number of hydrogen-bond acceptors (Lipinski definition) is 4. The van der Waals surface area contributed by atoms with Gasteiger partial charge in [0, 0.05) is 30.8 Å². The third-order valence-corrected chi connectivity index (χ3v) is 3.99. The number of thiophene rings is 1. The minimum atomic E-state index is 0.336. The maximum atomic E-state index is 4.58. The molecule has 2 heterocycles. The van der Waals surface area contributed by atoms with Crippen LogP contribution < -0.4 is 5.32 Å². The standard InChI is InChI=1S/C14H22N4S/c1-4-13-16-14(5-2)18(17-13)11(3)9-15-10-12-7-6-8-19-12/h6-8,11,15H,4-5,9-10H2,1-3H3. The fourth-order valence-corrected chi connectivity index (χ4v) is 2.73. The molecule has 0 aliphatic rings. The Bertz CT molecular complexity index is 490. The van der Waals surface area contributed by atoms with E-state index in [1.54, 1.807) is 11.3 Å². The molecule has 1 unspecified atom stereocenters. The second kappa shape index (κ2) is 6.82. The average molecular weight is 278 g/mol. The molecule has 0 saturated carbocycles. The zero-order valence-electron chi connectivity index (χ0n) is 11.9. The molecule has 4 nitrogen and oxygen atoms in total. The van der Waals surface area contributed by atoms with E-state index in [2.05, 4.69) is 58.4 Å². The van der Waals surface area contributed by atoms with Crippen molar-refractivity contribution in [1.29, 1.82) is 0 Å². The quantitative estimate of drug-likeness (QED) is 0.847. The fraction of sp³-hybridized carbons (Fsp3) is 0.571. The lowest BCUT2D eigenvalue weighted by atomic mass is 10.3. The van der Waals surface area contributed by atoms with E-state index >= 15 is 0 Å². The number of aryl methyl sites for hydroxylation is 2. The summed E-state index contributed by atoms with van der Waals surface area (Å²) >= 11 is 1.79. The molecule has 0 radical (unpaired) electrons. The monoisotopic (exact) mass is 278 g/mol. The van der Waals surface area contributed by atoms with Gasteiger partial charge in [-0.1, -0.05) is 19.9 Å². The maximum Gasteiger partial charge on any atom is 0.150 e. The van der Waals surface area contributed by atoms with E-state index in [9.17, 15) is 0 Å². The van der Waals surface area contributed by atoms with Crippen LogP contribution in [0.25, 0.3) is 0 Å². The van der Waals surface area contributed by atoms with Gasteiger partial charge in [0.2, 0.25) is 0 Å². The Hall–Kier alpha value is -1.20. The second-order valence-corrected chi connectivity index (χ2v) is 5.69. The Balaban J connectivity index is 1.91. The van der Waals surface area contributed by atoms with Gasteiger partial charge in [-0.05, 0) is 18.4 Å². The Morgan fingerprint density at radius 3 is 2.84 bits per heavy atom. The summed E-state index contributed by atoms with van der Waals surface area (Å²) in [6.45, 7) is 8.26. The first-order chi connectivity index (χ1) is 9.24. The number of nitrogens with one attached hydrogen (secondary N) is 1. The van der Waals surface area contributed by atoms with Crippen LogP contribution in [0, 0.1) is 0 Å². The van der Waals surface area contributed by atoms with E-state index in [4.69, 9.17) is 0 Å². The van der Waals surface area contributed by atoms with E-state index in [-0.39, 0.29) is 0 Å². The molecule has 0 aromatic carbocycles. The van der Waals surface area contributed by atoms with Gasteiger partial charge in [0.25, 0.3) is 0 Å². The lowest BCUT2D eigenvalue weighted by Gasteiger charge is -2.14. The highest BCUT2D eigenvalue weighted by molar-refractivity contribution is 7.09. The van der Waals surface area contributed by atoms with Gasteiger partial charge in [0.15, 0.2) is 5.82 Å². The van der Waals surface area contributed by atoms with Crippen LogP contribution in [0.1, 0.15) is 43.3 Å². The molecule has 0 aliphatic heterocycles. The van der Waals surface area contributed by atoms with E-state index < -0.39 is 0 Å². The summed E-state index contributed by atoms with van der Waals surface area (Å²) in [6.07, 6.45) is 1.83. The minimum Gasteiger partial charge on any atom is -0.310 e. The Labute approximate surface area is 118 Å². The van der Waals surface area contributed by atoms with Crippen LogP contribution in [0.15, 0.2) is 17.5 Å². The van der Waals surface area contributed by atoms with Gasteiger partial charge in [-0.2, -0.15) is 5.10 Å². The van der Waals surface area contributed by atoms with Gasteiger partial charge in [-0.15, -0.1) is 11.3 Å². The highest BCUT2D eigenvalue weighted by atomic mass is 32.1. The first-order valence-corrected chi connectivity index (χ1v) is 7.80. The molecule has 2 aromatic rings. The Morgan fingerprint density at radius 1 is 1.37 bits per heavy atom. The highest BCUT2D eigenvalue weighted by Crippen LogP contribution is 2.11. The molecule has 0 bridgehead atoms. The molecular weight excluding hydrogens is 256 g/mol. The number of rotatable bonds is 7. The van der Waals surface area contributed by atoms with Gasteiger partial charge < -0.3 is 5.32 Å². The molecular formula is C14H22N4S. The van der Waals surface area contributed by atoms with Crippen LogP contribution in [0.2, 0.25) is 0 Å². The van der Waals surface area contributed by atoms with E-state index in [1.807, 2.05) is 0 Å². The molecule has 1 atom stereocenters. The van der Waals surface area contributed by atoms with E-state index in [0.29, 0.717) is 6.04 Å². The van der Waals surface area contributed by atoms with Crippen molar-refractivity contribution in [2.24, 2.45) is 0 Å². The van der Waals surface area contributed by atoms with Crippen LogP contribution in [-0.2, 0) is 19.4 Å². The van der Waals surface area contributed by atoms with Crippen molar-refractivity contribution < 1.29 is 0 Å². The summed E-state index contributed by atoms with van der Waals surface area (Å²) in [7, 11) is 0. The van der Waals surface area contributed by atoms with Crippen LogP contribution in [-0.4, -0.2) is 21.3 Å². The summed E-state index contributed by atoms with van der Waals surface area (Å²) in [6, 6.07) is 4.58. The number of aromatic nitrogens is 3. The van der Waals surface area contributed by atoms with Gasteiger partial charge in [-0.3, -0.25) is 0 Å². The maximum absolute atomic E-state index is 4.58. The summed E-state index contributed by atoms with van der Waals surface area (Å²) in [4.78, 5) is 5.92. The van der Waals surface area contributed by atoms with Crippen molar-refractivity contribution in [3.8, 4) is 0 Å². The van der Waals surface area contributed by atoms with Crippen molar-refractivity contribution in [3.05, 3.63) is 34.0 Å². The lowest BCUT2D eigenvalue weighted by molar-refractivity contribution is 0.437. The van der Waals surface area contributed by atoms with Gasteiger partial charge in [0.1, 0.15) is 5.82 Å². The third kappa shape index (κ3) is 3.64. The second-order valence-electron chi connectivity index (χ2n) is 4.66. The van der Waals surface area contributed by atoms with Crippen molar-refractivity contribution >= 4 is 11.3 Å². The molecule has 19 heavy (non-hydrogen) atoms. The van der Waals surface area contributed by atoms with Crippen LogP contribution >= 0.6 is 11.3 Å².